The molecule has 19 heavy (non-hydrogen) atoms. The normalized spacial score (nSPS) is 23.1. The first kappa shape index (κ1) is 14.1. The number of nitrogens with one attached hydrogen (secondary N) is 1. The summed E-state index contributed by atoms with van der Waals surface area (Å²) in [6.45, 7) is 2.28. The Morgan fingerprint density at radius 2 is 2.05 bits per heavy atom. The van der Waals surface area contributed by atoms with Crippen molar-refractivity contribution in [3.05, 3.63) is 4.88 Å². The molecule has 1 saturated carbocycles. The first-order valence-corrected chi connectivity index (χ1v) is 7.55. The summed E-state index contributed by atoms with van der Waals surface area (Å²) in [5.41, 5.74) is 5.82. The van der Waals surface area contributed by atoms with Crippen LogP contribution in [0.2, 0.25) is 0 Å². The minimum atomic E-state index is -0.00365. The fraction of sp³-hybridized carbons (Fsp3) is 0.692. The van der Waals surface area contributed by atoms with E-state index >= 15 is 0 Å². The number of hydrogen-bond acceptors (Lipinski definition) is 5. The van der Waals surface area contributed by atoms with Gasteiger partial charge in [0.1, 0.15) is 10.7 Å². The second-order valence-corrected chi connectivity index (χ2v) is 6.31. The van der Waals surface area contributed by atoms with Crippen molar-refractivity contribution in [1.82, 2.24) is 9.88 Å². The average Bonchev–Trinajstić information content (AvgIpc) is 2.79. The molecule has 0 aromatic carbocycles. The molecule has 3 N–H and O–H groups in total. The molecule has 5 nitrogen and oxygen atoms in total. The molecule has 1 aliphatic carbocycles. The zero-order valence-electron chi connectivity index (χ0n) is 11.8. The van der Waals surface area contributed by atoms with Crippen LogP contribution in [0.3, 0.4) is 0 Å². The van der Waals surface area contributed by atoms with E-state index in [9.17, 15) is 4.79 Å². The second kappa shape index (κ2) is 5.77. The lowest BCUT2D eigenvalue weighted by molar-refractivity contribution is 0.0685. The van der Waals surface area contributed by atoms with Crippen LogP contribution in [0, 0.1) is 5.92 Å². The van der Waals surface area contributed by atoms with Crippen molar-refractivity contribution in [2.24, 2.45) is 5.92 Å². The third-order valence-electron chi connectivity index (χ3n) is 3.91. The smallest absolute Gasteiger partial charge is 0.267 e. The van der Waals surface area contributed by atoms with Gasteiger partial charge in [-0.05, 0) is 31.6 Å². The topological polar surface area (TPSA) is 71.2 Å². The van der Waals surface area contributed by atoms with Crippen LogP contribution >= 0.6 is 11.3 Å². The Labute approximate surface area is 118 Å². The van der Waals surface area contributed by atoms with Crippen LogP contribution in [0.4, 0.5) is 10.9 Å². The minimum Gasteiger partial charge on any atom is -0.382 e. The molecular weight excluding hydrogens is 260 g/mol. The molecule has 1 fully saturated rings. The van der Waals surface area contributed by atoms with E-state index in [-0.39, 0.29) is 5.91 Å². The Balaban J connectivity index is 2.07. The number of nitrogen functional groups attached to an aromatic ring is 1. The maximum absolute atomic E-state index is 12.5. The van der Waals surface area contributed by atoms with Crippen LogP contribution in [0.25, 0.3) is 0 Å². The van der Waals surface area contributed by atoms with Crippen molar-refractivity contribution in [3.63, 3.8) is 0 Å². The summed E-state index contributed by atoms with van der Waals surface area (Å²) >= 11 is 1.32. The Hall–Kier alpha value is -1.30. The van der Waals surface area contributed by atoms with Gasteiger partial charge < -0.3 is 16.0 Å². The SMILES string of the molecule is CNc1nc(N)c(C(=O)N(C)C2CCC(C)CC2)s1. The van der Waals surface area contributed by atoms with Gasteiger partial charge in [-0.1, -0.05) is 18.3 Å². The molecule has 0 spiro atoms. The molecule has 1 heterocycles. The molecule has 6 heteroatoms. The van der Waals surface area contributed by atoms with Gasteiger partial charge in [-0.3, -0.25) is 4.79 Å². The van der Waals surface area contributed by atoms with Crippen LogP contribution in [0.1, 0.15) is 42.3 Å². The maximum atomic E-state index is 12.5. The quantitative estimate of drug-likeness (QED) is 0.893. The number of nitrogens with two attached hydrogens (primary N) is 1. The van der Waals surface area contributed by atoms with E-state index in [4.69, 9.17) is 5.73 Å². The molecule has 106 valence electrons. The van der Waals surface area contributed by atoms with Crippen LogP contribution in [0.15, 0.2) is 0 Å². The van der Waals surface area contributed by atoms with E-state index in [2.05, 4.69) is 17.2 Å². The van der Waals surface area contributed by atoms with Crippen LogP contribution in [-0.2, 0) is 0 Å². The molecule has 0 bridgehead atoms. The number of amides is 1. The predicted molar refractivity (Wildman–Crippen MR) is 79.6 cm³/mol. The van der Waals surface area contributed by atoms with E-state index in [0.717, 1.165) is 18.8 Å². The van der Waals surface area contributed by atoms with Gasteiger partial charge >= 0.3 is 0 Å². The fourth-order valence-corrected chi connectivity index (χ4v) is 3.37. The lowest BCUT2D eigenvalue weighted by Crippen LogP contribution is -2.39. The van der Waals surface area contributed by atoms with Gasteiger partial charge in [-0.15, -0.1) is 0 Å². The van der Waals surface area contributed by atoms with Crippen molar-refractivity contribution in [2.75, 3.05) is 25.1 Å². The van der Waals surface area contributed by atoms with Crippen molar-refractivity contribution in [3.8, 4) is 0 Å². The van der Waals surface area contributed by atoms with E-state index in [1.54, 1.807) is 7.05 Å². The van der Waals surface area contributed by atoms with Gasteiger partial charge in [0.05, 0.1) is 0 Å². The van der Waals surface area contributed by atoms with Crippen molar-refractivity contribution in [2.45, 2.75) is 38.6 Å². The highest BCUT2D eigenvalue weighted by atomic mass is 32.1. The minimum absolute atomic E-state index is 0.00365. The Bertz CT molecular complexity index is 451. The number of rotatable bonds is 3. The third kappa shape index (κ3) is 3.00. The number of thiazole rings is 1. The molecule has 1 aliphatic rings. The first-order valence-electron chi connectivity index (χ1n) is 6.74. The molecular formula is C13H22N4OS. The number of nitrogens with zero attached hydrogens (tertiary/aromatic N) is 2. The highest BCUT2D eigenvalue weighted by Crippen LogP contribution is 2.30. The zero-order valence-corrected chi connectivity index (χ0v) is 12.6. The summed E-state index contributed by atoms with van der Waals surface area (Å²) in [7, 11) is 3.65. The Morgan fingerprint density at radius 1 is 1.42 bits per heavy atom. The molecule has 2 rings (SSSR count). The molecule has 1 amide bonds. The van der Waals surface area contributed by atoms with E-state index in [0.29, 0.717) is 21.9 Å². The summed E-state index contributed by atoms with van der Waals surface area (Å²) in [5.74, 6) is 1.11. The Morgan fingerprint density at radius 3 is 2.58 bits per heavy atom. The number of hydrogen-bond donors (Lipinski definition) is 2. The number of carbonyl (C=O) groups excluding carboxylic acids is 1. The number of carbonyl (C=O) groups is 1. The fourth-order valence-electron chi connectivity index (χ4n) is 2.55. The van der Waals surface area contributed by atoms with E-state index in [1.807, 2.05) is 11.9 Å². The monoisotopic (exact) mass is 282 g/mol. The summed E-state index contributed by atoms with van der Waals surface area (Å²) in [5, 5.41) is 3.61. The highest BCUT2D eigenvalue weighted by molar-refractivity contribution is 7.18. The molecule has 0 saturated heterocycles. The first-order chi connectivity index (χ1) is 9.02. The molecule has 0 aliphatic heterocycles. The van der Waals surface area contributed by atoms with Gasteiger partial charge in [0.25, 0.3) is 5.91 Å². The van der Waals surface area contributed by atoms with Crippen molar-refractivity contribution >= 4 is 28.2 Å². The lowest BCUT2D eigenvalue weighted by Gasteiger charge is -2.33. The number of anilines is 2. The highest BCUT2D eigenvalue weighted by Gasteiger charge is 2.27. The average molecular weight is 282 g/mol. The molecule has 0 unspecified atom stereocenters. The summed E-state index contributed by atoms with van der Waals surface area (Å²) in [4.78, 5) is 19.0. The van der Waals surface area contributed by atoms with Gasteiger partial charge in [-0.2, -0.15) is 0 Å². The van der Waals surface area contributed by atoms with Crippen molar-refractivity contribution in [1.29, 1.82) is 0 Å². The van der Waals surface area contributed by atoms with Crippen LogP contribution in [0.5, 0.6) is 0 Å². The van der Waals surface area contributed by atoms with Gasteiger partial charge in [0.2, 0.25) is 0 Å². The molecule has 1 aromatic rings. The van der Waals surface area contributed by atoms with Crippen molar-refractivity contribution < 1.29 is 4.79 Å². The van der Waals surface area contributed by atoms with Crippen LogP contribution in [-0.4, -0.2) is 35.9 Å². The molecule has 0 radical (unpaired) electrons. The summed E-state index contributed by atoms with van der Waals surface area (Å²) < 4.78 is 0. The van der Waals surface area contributed by atoms with E-state index in [1.165, 1.54) is 24.2 Å². The second-order valence-electron chi connectivity index (χ2n) is 5.31. The predicted octanol–water partition coefficient (Wildman–Crippen LogP) is 2.42. The van der Waals surface area contributed by atoms with Gasteiger partial charge in [0.15, 0.2) is 5.13 Å². The molecule has 0 atom stereocenters. The Kier molecular flexibility index (Phi) is 4.29. The maximum Gasteiger partial charge on any atom is 0.267 e. The third-order valence-corrected chi connectivity index (χ3v) is 4.99. The van der Waals surface area contributed by atoms with Crippen LogP contribution < -0.4 is 11.1 Å². The van der Waals surface area contributed by atoms with Gasteiger partial charge in [-0.25, -0.2) is 4.98 Å². The van der Waals surface area contributed by atoms with E-state index < -0.39 is 0 Å². The zero-order chi connectivity index (χ0) is 14.0. The summed E-state index contributed by atoms with van der Waals surface area (Å²) in [6, 6.07) is 0.336. The van der Waals surface area contributed by atoms with Gasteiger partial charge in [0, 0.05) is 20.1 Å². The summed E-state index contributed by atoms with van der Waals surface area (Å²) in [6.07, 6.45) is 4.56. The largest absolute Gasteiger partial charge is 0.382 e. The molecule has 1 aromatic heterocycles. The standard InChI is InChI=1S/C13H22N4OS/c1-8-4-6-9(7-5-8)17(3)12(18)10-11(14)16-13(15-2)19-10/h8-9H,4-7,14H2,1-3H3,(H,15,16). The lowest BCUT2D eigenvalue weighted by atomic mass is 9.87. The number of aromatic nitrogens is 1.